The number of hydrogen-bond acceptors (Lipinski definition) is 2. The highest BCUT2D eigenvalue weighted by molar-refractivity contribution is 8.00. The zero-order valence-corrected chi connectivity index (χ0v) is 11.9. The van der Waals surface area contributed by atoms with Gasteiger partial charge in [0.05, 0.1) is 0 Å². The van der Waals surface area contributed by atoms with E-state index in [0.717, 1.165) is 23.3 Å². The third-order valence-electron chi connectivity index (χ3n) is 3.65. The summed E-state index contributed by atoms with van der Waals surface area (Å²) in [6.07, 6.45) is 3.48. The fourth-order valence-electron chi connectivity index (χ4n) is 2.65. The summed E-state index contributed by atoms with van der Waals surface area (Å²) in [6, 6.07) is 15.8. The Balaban J connectivity index is 1.86. The van der Waals surface area contributed by atoms with E-state index in [-0.39, 0.29) is 0 Å². The Kier molecular flexibility index (Phi) is 3.79. The molecule has 0 saturated heterocycles. The van der Waals surface area contributed by atoms with Crippen molar-refractivity contribution >= 4 is 17.7 Å². The summed E-state index contributed by atoms with van der Waals surface area (Å²) in [7, 11) is 0. The zero-order chi connectivity index (χ0) is 13.9. The molecule has 1 aliphatic rings. The lowest BCUT2D eigenvalue weighted by atomic mass is 10.1. The Labute approximate surface area is 122 Å². The summed E-state index contributed by atoms with van der Waals surface area (Å²) in [5.74, 6) is -0.790. The summed E-state index contributed by atoms with van der Waals surface area (Å²) in [5.41, 5.74) is 3.64. The molecule has 0 spiro atoms. The van der Waals surface area contributed by atoms with Crippen molar-refractivity contribution in [1.82, 2.24) is 0 Å². The first-order valence-electron chi connectivity index (χ1n) is 6.80. The van der Waals surface area contributed by atoms with Crippen molar-refractivity contribution in [2.24, 2.45) is 0 Å². The summed E-state index contributed by atoms with van der Waals surface area (Å²) >= 11 is 1.42. The zero-order valence-electron chi connectivity index (χ0n) is 11.1. The van der Waals surface area contributed by atoms with Crippen LogP contribution in [0.5, 0.6) is 0 Å². The molecule has 0 fully saturated rings. The monoisotopic (exact) mass is 284 g/mol. The first-order chi connectivity index (χ1) is 9.74. The van der Waals surface area contributed by atoms with E-state index in [1.165, 1.54) is 29.3 Å². The number of hydrogen-bond donors (Lipinski definition) is 1. The van der Waals surface area contributed by atoms with Crippen LogP contribution in [0.25, 0.3) is 0 Å². The Bertz CT molecular complexity index is 622. The van der Waals surface area contributed by atoms with Gasteiger partial charge in [0, 0.05) is 4.90 Å². The molecule has 102 valence electrons. The number of carboxylic acid groups (broad SMARTS) is 1. The van der Waals surface area contributed by atoms with Gasteiger partial charge in [0.2, 0.25) is 0 Å². The Hall–Kier alpha value is -1.74. The van der Waals surface area contributed by atoms with E-state index in [4.69, 9.17) is 0 Å². The van der Waals surface area contributed by atoms with Crippen molar-refractivity contribution in [1.29, 1.82) is 0 Å². The molecule has 2 nitrogen and oxygen atoms in total. The third kappa shape index (κ3) is 2.73. The molecule has 0 amide bonds. The highest BCUT2D eigenvalue weighted by atomic mass is 32.2. The summed E-state index contributed by atoms with van der Waals surface area (Å²) < 4.78 is 0. The molecule has 1 N–H and O–H groups in total. The fraction of sp³-hybridized carbons (Fsp3) is 0.235. The number of thioether (sulfide) groups is 1. The quantitative estimate of drug-likeness (QED) is 0.859. The minimum Gasteiger partial charge on any atom is -0.480 e. The van der Waals surface area contributed by atoms with Gasteiger partial charge in [-0.15, -0.1) is 11.8 Å². The van der Waals surface area contributed by atoms with Crippen LogP contribution >= 0.6 is 11.8 Å². The van der Waals surface area contributed by atoms with Crippen LogP contribution in [-0.4, -0.2) is 11.1 Å². The largest absolute Gasteiger partial charge is 0.480 e. The normalized spacial score (nSPS) is 14.8. The maximum absolute atomic E-state index is 11.5. The van der Waals surface area contributed by atoms with E-state index < -0.39 is 11.2 Å². The smallest absolute Gasteiger partial charge is 0.321 e. The van der Waals surface area contributed by atoms with Crippen LogP contribution in [0.4, 0.5) is 0 Å². The highest BCUT2D eigenvalue weighted by Crippen LogP contribution is 2.37. The second-order valence-electron chi connectivity index (χ2n) is 5.03. The van der Waals surface area contributed by atoms with Crippen LogP contribution in [0.15, 0.2) is 53.4 Å². The fourth-order valence-corrected chi connectivity index (χ4v) is 3.67. The number of rotatable bonds is 4. The lowest BCUT2D eigenvalue weighted by Gasteiger charge is -2.13. The van der Waals surface area contributed by atoms with Gasteiger partial charge in [-0.25, -0.2) is 0 Å². The van der Waals surface area contributed by atoms with Crippen molar-refractivity contribution in [2.45, 2.75) is 29.4 Å². The van der Waals surface area contributed by atoms with Crippen molar-refractivity contribution in [3.05, 3.63) is 65.2 Å². The number of aliphatic carboxylic acids is 1. The molecule has 20 heavy (non-hydrogen) atoms. The van der Waals surface area contributed by atoms with Gasteiger partial charge in [-0.05, 0) is 48.1 Å². The predicted molar refractivity (Wildman–Crippen MR) is 81.1 cm³/mol. The summed E-state index contributed by atoms with van der Waals surface area (Å²) in [5, 5.41) is 8.91. The van der Waals surface area contributed by atoms with E-state index in [2.05, 4.69) is 12.1 Å². The summed E-state index contributed by atoms with van der Waals surface area (Å²) in [4.78, 5) is 12.6. The minimum absolute atomic E-state index is 0.546. The molecule has 3 heteroatoms. The number of benzene rings is 2. The van der Waals surface area contributed by atoms with E-state index in [0.29, 0.717) is 0 Å². The van der Waals surface area contributed by atoms with Crippen LogP contribution in [-0.2, 0) is 17.6 Å². The van der Waals surface area contributed by atoms with Crippen molar-refractivity contribution in [2.75, 3.05) is 0 Å². The van der Waals surface area contributed by atoms with E-state index in [1.807, 2.05) is 36.4 Å². The molecule has 0 aromatic heterocycles. The van der Waals surface area contributed by atoms with Crippen LogP contribution in [0, 0.1) is 0 Å². The van der Waals surface area contributed by atoms with Gasteiger partial charge in [0.15, 0.2) is 0 Å². The molecule has 2 aromatic carbocycles. The molecular weight excluding hydrogens is 268 g/mol. The Morgan fingerprint density at radius 2 is 1.80 bits per heavy atom. The van der Waals surface area contributed by atoms with Gasteiger partial charge in [-0.2, -0.15) is 0 Å². The Morgan fingerprint density at radius 1 is 1.05 bits per heavy atom. The number of carboxylic acids is 1. The van der Waals surface area contributed by atoms with Crippen molar-refractivity contribution in [3.8, 4) is 0 Å². The number of aryl methyl sites for hydroxylation is 2. The summed E-state index contributed by atoms with van der Waals surface area (Å²) in [6.45, 7) is 0. The topological polar surface area (TPSA) is 37.3 Å². The van der Waals surface area contributed by atoms with Crippen LogP contribution < -0.4 is 0 Å². The molecule has 1 unspecified atom stereocenters. The van der Waals surface area contributed by atoms with Gasteiger partial charge < -0.3 is 5.11 Å². The SMILES string of the molecule is O=C(O)C(Sc1ccc2c(c1)CCC2)c1ccccc1. The predicted octanol–water partition coefficient (Wildman–Crippen LogP) is 4.09. The van der Waals surface area contributed by atoms with E-state index >= 15 is 0 Å². The number of carbonyl (C=O) groups is 1. The molecule has 0 saturated carbocycles. The molecule has 1 aliphatic carbocycles. The molecule has 3 rings (SSSR count). The lowest BCUT2D eigenvalue weighted by molar-refractivity contribution is -0.136. The minimum atomic E-state index is -0.790. The van der Waals surface area contributed by atoms with E-state index in [9.17, 15) is 9.90 Å². The molecule has 0 aliphatic heterocycles. The standard InChI is InChI=1S/C17H16O2S/c18-17(19)16(13-5-2-1-3-6-13)20-15-10-9-12-7-4-8-14(12)11-15/h1-3,5-6,9-11,16H,4,7-8H2,(H,18,19). The molecule has 0 bridgehead atoms. The second-order valence-corrected chi connectivity index (χ2v) is 6.21. The van der Waals surface area contributed by atoms with Gasteiger partial charge in [0.1, 0.15) is 5.25 Å². The molecule has 0 heterocycles. The average molecular weight is 284 g/mol. The van der Waals surface area contributed by atoms with Gasteiger partial charge >= 0.3 is 5.97 Å². The van der Waals surface area contributed by atoms with Crippen LogP contribution in [0.2, 0.25) is 0 Å². The van der Waals surface area contributed by atoms with Gasteiger partial charge in [-0.1, -0.05) is 36.4 Å². The lowest BCUT2D eigenvalue weighted by Crippen LogP contribution is -2.07. The highest BCUT2D eigenvalue weighted by Gasteiger charge is 2.21. The second kappa shape index (κ2) is 5.71. The van der Waals surface area contributed by atoms with Gasteiger partial charge in [-0.3, -0.25) is 4.79 Å². The van der Waals surface area contributed by atoms with Gasteiger partial charge in [0.25, 0.3) is 0 Å². The maximum Gasteiger partial charge on any atom is 0.321 e. The first-order valence-corrected chi connectivity index (χ1v) is 7.68. The van der Waals surface area contributed by atoms with E-state index in [1.54, 1.807) is 0 Å². The van der Waals surface area contributed by atoms with Crippen LogP contribution in [0.3, 0.4) is 0 Å². The van der Waals surface area contributed by atoms with Crippen LogP contribution in [0.1, 0.15) is 28.4 Å². The molecular formula is C17H16O2S. The number of fused-ring (bicyclic) bond motifs is 1. The maximum atomic E-state index is 11.5. The van der Waals surface area contributed by atoms with Crippen molar-refractivity contribution < 1.29 is 9.90 Å². The molecule has 0 radical (unpaired) electrons. The molecule has 1 atom stereocenters. The average Bonchev–Trinajstić information content (AvgIpc) is 2.93. The third-order valence-corrected chi connectivity index (χ3v) is 4.89. The Morgan fingerprint density at radius 3 is 2.55 bits per heavy atom. The molecule has 2 aromatic rings. The van der Waals surface area contributed by atoms with Crippen molar-refractivity contribution in [3.63, 3.8) is 0 Å². The first kappa shape index (κ1) is 13.3.